The summed E-state index contributed by atoms with van der Waals surface area (Å²) < 4.78 is 65.0. The van der Waals surface area contributed by atoms with Crippen LogP contribution in [0.4, 0.5) is 30.6 Å². The van der Waals surface area contributed by atoms with Crippen molar-refractivity contribution in [1.82, 2.24) is 74.4 Å². The lowest BCUT2D eigenvalue weighted by atomic mass is 10.0. The molecule has 1 aliphatic rings. The van der Waals surface area contributed by atoms with E-state index in [0.29, 0.717) is 60.9 Å². The van der Waals surface area contributed by atoms with Crippen LogP contribution in [0.3, 0.4) is 0 Å². The van der Waals surface area contributed by atoms with Crippen LogP contribution in [0.2, 0.25) is 0 Å². The number of ether oxygens (including phenoxy) is 3. The van der Waals surface area contributed by atoms with Crippen molar-refractivity contribution in [3.8, 4) is 41.0 Å². The van der Waals surface area contributed by atoms with Gasteiger partial charge in [-0.15, -0.1) is 0 Å². The van der Waals surface area contributed by atoms with Gasteiger partial charge in [0.25, 0.3) is 29.5 Å². The minimum Gasteiger partial charge on any atom is -0.467 e. The van der Waals surface area contributed by atoms with Crippen molar-refractivity contribution in [2.24, 2.45) is 21.1 Å². The summed E-state index contributed by atoms with van der Waals surface area (Å²) in [5.74, 6) is -1.11. The normalized spacial score (nSPS) is 13.0. The Kier molecular flexibility index (Phi) is 22.7. The number of nitrogens with zero attached hydrogens (tertiary/aromatic N) is 16. The lowest BCUT2D eigenvalue weighted by Crippen LogP contribution is -2.28. The Hall–Kier alpha value is -9.31. The second kappa shape index (κ2) is 30.1. The van der Waals surface area contributed by atoms with E-state index in [1.807, 2.05) is 19.2 Å². The van der Waals surface area contributed by atoms with Gasteiger partial charge in [0, 0.05) is 84.9 Å². The van der Waals surface area contributed by atoms with E-state index in [0.717, 1.165) is 20.4 Å². The zero-order chi connectivity index (χ0) is 65.0. The molecule has 0 fully saturated rings. The number of rotatable bonds is 11. The van der Waals surface area contributed by atoms with Crippen molar-refractivity contribution in [2.75, 3.05) is 38.3 Å². The van der Waals surface area contributed by atoms with Gasteiger partial charge in [-0.05, 0) is 149 Å². The number of carbonyl (C=O) groups excluding carboxylic acids is 2. The van der Waals surface area contributed by atoms with Gasteiger partial charge < -0.3 is 46.5 Å². The van der Waals surface area contributed by atoms with Gasteiger partial charge in [-0.1, -0.05) is 0 Å². The van der Waals surface area contributed by atoms with E-state index in [1.165, 1.54) is 81.6 Å². The van der Waals surface area contributed by atoms with Gasteiger partial charge in [-0.25, -0.2) is 43.1 Å². The molecule has 0 saturated heterocycles. The Morgan fingerprint density at radius 2 is 1.31 bits per heavy atom. The van der Waals surface area contributed by atoms with Crippen LogP contribution in [-0.4, -0.2) is 102 Å². The fourth-order valence-electron chi connectivity index (χ4n) is 8.64. The fraction of sp³-hybridized carbons (Fsp3) is 0.259. The molecule has 7 heterocycles. The Bertz CT molecular complexity index is 4140. The number of hydrogen-bond donors (Lipinski definition) is 4. The molecule has 0 spiro atoms. The first-order valence-electron chi connectivity index (χ1n) is 26.5. The molecular formula is C58H58Br2F3IN20O5. The number of nitrogen functional groups attached to an aromatic ring is 3. The van der Waals surface area contributed by atoms with E-state index < -0.39 is 23.8 Å². The van der Waals surface area contributed by atoms with Crippen molar-refractivity contribution in [2.45, 2.75) is 58.7 Å². The van der Waals surface area contributed by atoms with Crippen LogP contribution in [0.15, 0.2) is 101 Å². The molecule has 0 unspecified atom stereocenters. The number of nitriles is 2. The van der Waals surface area contributed by atoms with Crippen molar-refractivity contribution >= 4 is 83.7 Å². The fourth-order valence-corrected chi connectivity index (χ4v) is 9.94. The van der Waals surface area contributed by atoms with E-state index in [-0.39, 0.29) is 77.5 Å². The first kappa shape index (κ1) is 67.2. The van der Waals surface area contributed by atoms with Gasteiger partial charge in [0.1, 0.15) is 68.5 Å². The average molecular weight is 1460 g/mol. The highest BCUT2D eigenvalue weighted by molar-refractivity contribution is 14.1. The molecule has 3 atom stereocenters. The Labute approximate surface area is 539 Å². The highest BCUT2D eigenvalue weighted by atomic mass is 127. The number of benzene rings is 3. The predicted octanol–water partition coefficient (Wildman–Crippen LogP) is 9.02. The number of fused-ring (bicyclic) bond motifs is 5. The molecule has 25 nitrogen and oxygen atoms in total. The molecule has 2 bridgehead atoms. The lowest BCUT2D eigenvalue weighted by Gasteiger charge is -2.23. The smallest absolute Gasteiger partial charge is 0.258 e. The monoisotopic (exact) mass is 1460 g/mol. The molecule has 0 aliphatic carbocycles. The van der Waals surface area contributed by atoms with Gasteiger partial charge >= 0.3 is 0 Å². The SMILES string of the molecule is CNCc1cc(C#N)n(C)n1.C[C@@H]1Oc2nc(cnc2N)-c2cn(C)nc2CN(C)C(=O)c2ccc(F)cc21.C[C@H](Oc1nc(Br)cnc1N)c1cc(F)ccc1C(=O)N(C)Cc1cc(C#N)n(C)n1.C[C@H](Oc1nc(Br)cnc1N)c1cc(F)ccc1I. The first-order chi connectivity index (χ1) is 42.3. The number of amides is 2. The summed E-state index contributed by atoms with van der Waals surface area (Å²) in [6.45, 7) is 6.30. The van der Waals surface area contributed by atoms with E-state index in [4.69, 9.17) is 41.9 Å². The van der Waals surface area contributed by atoms with Gasteiger partial charge in [0.2, 0.25) is 0 Å². The number of aryl methyl sites for hydroxylation is 3. The third-order valence-electron chi connectivity index (χ3n) is 13.0. The Morgan fingerprint density at radius 3 is 1.91 bits per heavy atom. The number of halogens is 6. The van der Waals surface area contributed by atoms with Gasteiger partial charge in [-0.2, -0.15) is 25.8 Å². The zero-order valence-corrected chi connectivity index (χ0v) is 54.5. The molecular weight excluding hydrogens is 1400 g/mol. The molecule has 2 amide bonds. The molecule has 0 saturated carbocycles. The maximum atomic E-state index is 14.0. The minimum absolute atomic E-state index is 0.0652. The highest BCUT2D eigenvalue weighted by Crippen LogP contribution is 2.34. The summed E-state index contributed by atoms with van der Waals surface area (Å²) in [6, 6.07) is 19.8. The summed E-state index contributed by atoms with van der Waals surface area (Å²) in [6.07, 6.45) is 4.46. The van der Waals surface area contributed by atoms with Crippen molar-refractivity contribution < 1.29 is 37.0 Å². The first-order valence-corrected chi connectivity index (χ1v) is 29.2. The topological polar surface area (TPSA) is 337 Å². The number of nitrogens with two attached hydrogens (primary N) is 3. The molecule has 31 heteroatoms. The van der Waals surface area contributed by atoms with Crippen molar-refractivity contribution in [3.05, 3.63) is 178 Å². The molecule has 9 aromatic rings. The van der Waals surface area contributed by atoms with Crippen LogP contribution in [0, 0.1) is 43.7 Å². The molecule has 462 valence electrons. The summed E-state index contributed by atoms with van der Waals surface area (Å²) >= 11 is 8.52. The number of aromatic nitrogens is 12. The number of hydrogen-bond acceptors (Lipinski definition) is 20. The minimum atomic E-state index is -0.742. The lowest BCUT2D eigenvalue weighted by molar-refractivity contribution is 0.0771. The predicted molar refractivity (Wildman–Crippen MR) is 336 cm³/mol. The summed E-state index contributed by atoms with van der Waals surface area (Å²) in [5.41, 5.74) is 23.8. The number of nitrogens with one attached hydrogen (secondary N) is 1. The maximum Gasteiger partial charge on any atom is 0.258 e. The Balaban J connectivity index is 0.000000179. The third kappa shape index (κ3) is 17.3. The largest absolute Gasteiger partial charge is 0.467 e. The van der Waals surface area contributed by atoms with E-state index in [2.05, 4.69) is 105 Å². The number of anilines is 3. The van der Waals surface area contributed by atoms with E-state index in [1.54, 1.807) is 89.8 Å². The maximum absolute atomic E-state index is 14.0. The molecule has 0 radical (unpaired) electrons. The van der Waals surface area contributed by atoms with Gasteiger partial charge in [0.15, 0.2) is 17.5 Å². The zero-order valence-electron chi connectivity index (χ0n) is 49.2. The molecule has 7 N–H and O–H groups in total. The average Bonchev–Trinajstić information content (AvgIpc) is 2.70. The van der Waals surface area contributed by atoms with Crippen molar-refractivity contribution in [3.63, 3.8) is 0 Å². The van der Waals surface area contributed by atoms with Gasteiger partial charge in [0.05, 0.1) is 54.5 Å². The summed E-state index contributed by atoms with van der Waals surface area (Å²) in [4.78, 5) is 53.9. The van der Waals surface area contributed by atoms with Crippen LogP contribution in [0.25, 0.3) is 11.3 Å². The Morgan fingerprint density at radius 1 is 0.775 bits per heavy atom. The van der Waals surface area contributed by atoms with Crippen LogP contribution < -0.4 is 36.7 Å². The van der Waals surface area contributed by atoms with Crippen LogP contribution in [0.5, 0.6) is 17.6 Å². The number of carbonyl (C=O) groups is 2. The quantitative estimate of drug-likeness (QED) is 0.0877. The van der Waals surface area contributed by atoms with E-state index >= 15 is 0 Å². The van der Waals surface area contributed by atoms with Gasteiger partial charge in [-0.3, -0.25) is 23.6 Å². The molecule has 6 aromatic heterocycles. The third-order valence-corrected chi connectivity index (χ3v) is 14.7. The molecule has 1 aliphatic heterocycles. The molecule has 89 heavy (non-hydrogen) atoms. The van der Waals surface area contributed by atoms with Crippen LogP contribution in [-0.2, 0) is 40.8 Å². The van der Waals surface area contributed by atoms with E-state index in [9.17, 15) is 22.8 Å². The van der Waals surface area contributed by atoms with Crippen LogP contribution in [0.1, 0.15) is 105 Å². The summed E-state index contributed by atoms with van der Waals surface area (Å²) in [5, 5.41) is 33.4. The second-order valence-electron chi connectivity index (χ2n) is 19.6. The molecule has 3 aromatic carbocycles. The summed E-state index contributed by atoms with van der Waals surface area (Å²) in [7, 11) is 10.3. The standard InChI is InChI=1S/C20H19BrFN7O2.C19H19FN6O2.C12H10BrFIN3O.C7H10N4/c1-11(31-19-18(24)25-9-17(21)26-19)16-6-12(22)4-5-15(16)20(30)28(2)10-13-7-14(8-23)29(3)27-13;1-10-13-6-11(20)4-5-12(13)19(27)25(2)9-16-14(8-26(3)24-16)15-7-22-17(21)18(23-15)28-10;1-6(8-4-7(14)2-3-9(8)15)19-12-11(16)17-5-10(13)18-12;1-9-5-6-3-7(4-8)11(2)10-6/h4-7,9,11H,10H2,1-3H3,(H2,24,25);4-8,10H,9H2,1-3H3,(H2,21,22);2-6H,1H3,(H2,16,17);3,9H,5H2,1-2H3/t11-;10-;6-;/m000./s1. The molecule has 10 rings (SSSR count). The van der Waals surface area contributed by atoms with Crippen LogP contribution >= 0.6 is 54.5 Å². The highest BCUT2D eigenvalue weighted by Gasteiger charge is 2.27. The second-order valence-corrected chi connectivity index (χ2v) is 22.4. The van der Waals surface area contributed by atoms with Crippen molar-refractivity contribution in [1.29, 1.82) is 10.5 Å².